The molecule has 1 aromatic rings. The molecule has 2 N–H and O–H groups in total. The molecule has 2 aliphatic rings. The summed E-state index contributed by atoms with van der Waals surface area (Å²) in [7, 11) is 1.79. The minimum Gasteiger partial charge on any atom is -0.450 e. The number of nitrogens with zero attached hydrogens (tertiary/aromatic N) is 3. The van der Waals surface area contributed by atoms with E-state index in [1.807, 2.05) is 6.92 Å². The van der Waals surface area contributed by atoms with E-state index in [1.54, 1.807) is 11.9 Å². The van der Waals surface area contributed by atoms with Gasteiger partial charge in [0.1, 0.15) is 0 Å². The number of nitrogens with one attached hydrogen (secondary N) is 2. The first kappa shape index (κ1) is 20.0. The monoisotopic (exact) mass is 385 g/mol. The van der Waals surface area contributed by atoms with Crippen molar-refractivity contribution < 1.29 is 9.53 Å². The number of hydrogen-bond acceptors (Lipinski definition) is 4. The highest BCUT2D eigenvalue weighted by Crippen LogP contribution is 2.18. The van der Waals surface area contributed by atoms with Crippen LogP contribution in [-0.2, 0) is 11.3 Å². The first-order valence-corrected chi connectivity index (χ1v) is 10.1. The van der Waals surface area contributed by atoms with Gasteiger partial charge in [-0.15, -0.1) is 0 Å². The van der Waals surface area contributed by atoms with Gasteiger partial charge in [-0.05, 0) is 37.5 Å². The Kier molecular flexibility index (Phi) is 7.17. The quantitative estimate of drug-likeness (QED) is 0.463. The number of piperidine rings is 1. The van der Waals surface area contributed by atoms with E-state index < -0.39 is 0 Å². The molecule has 1 saturated heterocycles. The van der Waals surface area contributed by atoms with Crippen LogP contribution in [0.3, 0.4) is 0 Å². The van der Waals surface area contributed by atoms with Crippen LogP contribution in [0.5, 0.6) is 0 Å². The van der Waals surface area contributed by atoms with Gasteiger partial charge < -0.3 is 25.2 Å². The Bertz CT molecular complexity index is 703. The van der Waals surface area contributed by atoms with Gasteiger partial charge in [-0.3, -0.25) is 4.99 Å². The zero-order chi connectivity index (χ0) is 19.8. The fourth-order valence-corrected chi connectivity index (χ4v) is 3.55. The van der Waals surface area contributed by atoms with E-state index in [2.05, 4.69) is 56.9 Å². The molecule has 2 aliphatic heterocycles. The van der Waals surface area contributed by atoms with E-state index in [0.29, 0.717) is 25.7 Å². The molecule has 0 aromatic heterocycles. The van der Waals surface area contributed by atoms with Gasteiger partial charge in [-0.25, -0.2) is 4.79 Å². The number of carbonyl (C=O) groups is 1. The summed E-state index contributed by atoms with van der Waals surface area (Å²) in [5, 5.41) is 6.88. The number of hydrogen-bond donors (Lipinski definition) is 2. The summed E-state index contributed by atoms with van der Waals surface area (Å²) in [5.41, 5.74) is 2.48. The van der Waals surface area contributed by atoms with Gasteiger partial charge in [0.05, 0.1) is 6.61 Å². The number of rotatable bonds is 5. The average Bonchev–Trinajstić information content (AvgIpc) is 3.27. The minimum absolute atomic E-state index is 0.212. The van der Waals surface area contributed by atoms with Crippen LogP contribution in [0.25, 0.3) is 0 Å². The number of guanidine groups is 1. The summed E-state index contributed by atoms with van der Waals surface area (Å²) in [5.74, 6) is 0.794. The van der Waals surface area contributed by atoms with Crippen LogP contribution in [-0.4, -0.2) is 62.8 Å². The molecule has 3 rings (SSSR count). The number of aliphatic imine (C=N–C) groups is 1. The Balaban J connectivity index is 1.45. The highest BCUT2D eigenvalue weighted by atomic mass is 16.6. The van der Waals surface area contributed by atoms with Crippen LogP contribution in [0.1, 0.15) is 25.3 Å². The summed E-state index contributed by atoms with van der Waals surface area (Å²) in [6.07, 6.45) is 5.96. The minimum atomic E-state index is -0.212. The molecule has 152 valence electrons. The van der Waals surface area contributed by atoms with E-state index in [9.17, 15) is 4.79 Å². The third-order valence-corrected chi connectivity index (χ3v) is 5.14. The van der Waals surface area contributed by atoms with E-state index in [1.165, 1.54) is 11.3 Å². The second kappa shape index (κ2) is 10.0. The van der Waals surface area contributed by atoms with Gasteiger partial charge in [0.2, 0.25) is 0 Å². The number of anilines is 1. The average molecular weight is 386 g/mol. The molecule has 1 fully saturated rings. The molecule has 0 unspecified atom stereocenters. The number of amides is 1. The van der Waals surface area contributed by atoms with Crippen molar-refractivity contribution in [2.75, 3.05) is 44.7 Å². The van der Waals surface area contributed by atoms with Gasteiger partial charge in [0.15, 0.2) is 5.96 Å². The Morgan fingerprint density at radius 1 is 1.25 bits per heavy atom. The topological polar surface area (TPSA) is 69.2 Å². The maximum absolute atomic E-state index is 11.8. The fourth-order valence-electron chi connectivity index (χ4n) is 3.55. The van der Waals surface area contributed by atoms with Crippen molar-refractivity contribution in [3.05, 3.63) is 42.0 Å². The van der Waals surface area contributed by atoms with E-state index in [4.69, 9.17) is 4.74 Å². The predicted octanol–water partition coefficient (Wildman–Crippen LogP) is 2.35. The van der Waals surface area contributed by atoms with Crippen LogP contribution in [0, 0.1) is 0 Å². The number of carbonyl (C=O) groups excluding carboxylic acids is 1. The van der Waals surface area contributed by atoms with Crippen molar-refractivity contribution >= 4 is 17.7 Å². The van der Waals surface area contributed by atoms with Crippen molar-refractivity contribution in [1.29, 1.82) is 0 Å². The lowest BCUT2D eigenvalue weighted by molar-refractivity contribution is 0.0963. The van der Waals surface area contributed by atoms with Gasteiger partial charge in [0.25, 0.3) is 0 Å². The molecule has 7 nitrogen and oxygen atoms in total. The molecule has 0 atom stereocenters. The normalized spacial score (nSPS) is 17.7. The van der Waals surface area contributed by atoms with E-state index >= 15 is 0 Å². The maximum Gasteiger partial charge on any atom is 0.409 e. The van der Waals surface area contributed by atoms with Crippen molar-refractivity contribution in [2.45, 2.75) is 32.4 Å². The Morgan fingerprint density at radius 3 is 2.68 bits per heavy atom. The largest absolute Gasteiger partial charge is 0.450 e. The molecule has 0 bridgehead atoms. The summed E-state index contributed by atoms with van der Waals surface area (Å²) >= 11 is 0. The summed E-state index contributed by atoms with van der Waals surface area (Å²) in [6, 6.07) is 8.92. The van der Waals surface area contributed by atoms with Crippen LogP contribution in [0.2, 0.25) is 0 Å². The van der Waals surface area contributed by atoms with Crippen LogP contribution in [0.15, 0.2) is 41.4 Å². The first-order chi connectivity index (χ1) is 13.7. The third kappa shape index (κ3) is 5.41. The SMILES string of the molecule is CCOC(=O)N1CCC(NC(=NC)NCc2cccc(N3CC=CC3)c2)CC1. The molecule has 0 radical (unpaired) electrons. The third-order valence-electron chi connectivity index (χ3n) is 5.14. The first-order valence-electron chi connectivity index (χ1n) is 10.1. The molecule has 1 amide bonds. The molecule has 28 heavy (non-hydrogen) atoms. The molecular formula is C21H31N5O2. The zero-order valence-corrected chi connectivity index (χ0v) is 16.9. The molecule has 1 aromatic carbocycles. The van der Waals surface area contributed by atoms with Gasteiger partial charge in [-0.2, -0.15) is 0 Å². The Morgan fingerprint density at radius 2 is 2.00 bits per heavy atom. The summed E-state index contributed by atoms with van der Waals surface area (Å²) in [4.78, 5) is 20.3. The maximum atomic E-state index is 11.8. The fraction of sp³-hybridized carbons (Fsp3) is 0.524. The number of ether oxygens (including phenoxy) is 1. The molecular weight excluding hydrogens is 354 g/mol. The Labute approximate surface area is 167 Å². The standard InChI is InChI=1S/C21H31N5O2/c1-3-28-21(27)26-13-9-18(10-14-26)24-20(22-2)23-16-17-7-6-8-19(15-17)25-11-4-5-12-25/h4-8,15,18H,3,9-14,16H2,1-2H3,(H2,22,23,24). The van der Waals surface area contributed by atoms with Crippen LogP contribution in [0.4, 0.5) is 10.5 Å². The van der Waals surface area contributed by atoms with Crippen molar-refractivity contribution in [3.8, 4) is 0 Å². The molecule has 0 spiro atoms. The van der Waals surface area contributed by atoms with Crippen molar-refractivity contribution in [2.24, 2.45) is 4.99 Å². The molecule has 2 heterocycles. The highest BCUT2D eigenvalue weighted by Gasteiger charge is 2.24. The summed E-state index contributed by atoms with van der Waals surface area (Å²) in [6.45, 7) is 6.34. The van der Waals surface area contributed by atoms with Gasteiger partial charge in [-0.1, -0.05) is 24.3 Å². The molecule has 0 aliphatic carbocycles. The van der Waals surface area contributed by atoms with Crippen molar-refractivity contribution in [1.82, 2.24) is 15.5 Å². The molecule has 7 heteroatoms. The predicted molar refractivity (Wildman–Crippen MR) is 113 cm³/mol. The van der Waals surface area contributed by atoms with Crippen LogP contribution >= 0.6 is 0 Å². The zero-order valence-electron chi connectivity index (χ0n) is 16.9. The highest BCUT2D eigenvalue weighted by molar-refractivity contribution is 5.80. The lowest BCUT2D eigenvalue weighted by Gasteiger charge is -2.32. The van der Waals surface area contributed by atoms with Gasteiger partial charge in [0, 0.05) is 51.5 Å². The summed E-state index contributed by atoms with van der Waals surface area (Å²) < 4.78 is 5.08. The lowest BCUT2D eigenvalue weighted by atomic mass is 10.1. The van der Waals surface area contributed by atoms with Gasteiger partial charge >= 0.3 is 6.09 Å². The smallest absolute Gasteiger partial charge is 0.409 e. The second-order valence-electron chi connectivity index (χ2n) is 7.08. The van der Waals surface area contributed by atoms with E-state index in [0.717, 1.165) is 38.4 Å². The molecule has 0 saturated carbocycles. The Hall–Kier alpha value is -2.70. The van der Waals surface area contributed by atoms with Crippen LogP contribution < -0.4 is 15.5 Å². The van der Waals surface area contributed by atoms with E-state index in [-0.39, 0.29) is 6.09 Å². The van der Waals surface area contributed by atoms with Crippen molar-refractivity contribution in [3.63, 3.8) is 0 Å². The lowest BCUT2D eigenvalue weighted by Crippen LogP contribution is -2.49. The second-order valence-corrected chi connectivity index (χ2v) is 7.08. The number of benzene rings is 1. The number of likely N-dealkylation sites (tertiary alicyclic amines) is 1.